The third-order valence-electron chi connectivity index (χ3n) is 3.59. The molecule has 5 nitrogen and oxygen atoms in total. The quantitative estimate of drug-likeness (QED) is 0.868. The van der Waals surface area contributed by atoms with E-state index in [1.165, 1.54) is 4.90 Å². The van der Waals surface area contributed by atoms with E-state index in [4.69, 9.17) is 4.74 Å². The second-order valence-electron chi connectivity index (χ2n) is 6.68. The van der Waals surface area contributed by atoms with Crippen molar-refractivity contribution in [2.75, 3.05) is 13.1 Å². The number of carbonyl (C=O) groups is 2. The van der Waals surface area contributed by atoms with E-state index in [1.54, 1.807) is 20.8 Å². The van der Waals surface area contributed by atoms with Gasteiger partial charge in [-0.25, -0.2) is 9.18 Å². The van der Waals surface area contributed by atoms with Crippen LogP contribution in [-0.2, 0) is 9.53 Å². The number of alkyl halides is 1. The van der Waals surface area contributed by atoms with Gasteiger partial charge in [-0.05, 0) is 33.1 Å². The molecule has 2 amide bonds. The van der Waals surface area contributed by atoms with Crippen LogP contribution in [0.1, 0.15) is 47.5 Å². The number of carbonyl (C=O) groups excluding carboxylic acids is 2. The van der Waals surface area contributed by atoms with Crippen molar-refractivity contribution in [2.24, 2.45) is 5.92 Å². The molecule has 21 heavy (non-hydrogen) atoms. The Labute approximate surface area is 126 Å². The highest BCUT2D eigenvalue weighted by atomic mass is 19.1. The van der Waals surface area contributed by atoms with Gasteiger partial charge in [0.05, 0.1) is 6.54 Å². The first-order valence-corrected chi connectivity index (χ1v) is 7.56. The molecule has 1 fully saturated rings. The van der Waals surface area contributed by atoms with Crippen LogP contribution in [0.2, 0.25) is 0 Å². The van der Waals surface area contributed by atoms with Gasteiger partial charge in [0.2, 0.25) is 5.91 Å². The molecule has 1 aliphatic rings. The molecule has 0 aliphatic carbocycles. The molecule has 1 aliphatic heterocycles. The molecule has 6 heteroatoms. The monoisotopic (exact) mass is 302 g/mol. The van der Waals surface area contributed by atoms with Crippen molar-refractivity contribution < 1.29 is 18.7 Å². The first-order chi connectivity index (χ1) is 9.64. The van der Waals surface area contributed by atoms with Gasteiger partial charge >= 0.3 is 6.09 Å². The van der Waals surface area contributed by atoms with E-state index in [9.17, 15) is 14.0 Å². The molecule has 0 aromatic carbocycles. The second kappa shape index (κ2) is 7.09. The van der Waals surface area contributed by atoms with Gasteiger partial charge in [0.1, 0.15) is 17.8 Å². The van der Waals surface area contributed by atoms with E-state index in [1.807, 2.05) is 13.8 Å². The number of amides is 2. The first-order valence-electron chi connectivity index (χ1n) is 7.56. The van der Waals surface area contributed by atoms with Crippen molar-refractivity contribution in [3.63, 3.8) is 0 Å². The van der Waals surface area contributed by atoms with Gasteiger partial charge in [-0.1, -0.05) is 20.3 Å². The van der Waals surface area contributed by atoms with Crippen molar-refractivity contribution >= 4 is 12.0 Å². The zero-order chi connectivity index (χ0) is 16.2. The third kappa shape index (κ3) is 5.52. The third-order valence-corrected chi connectivity index (χ3v) is 3.59. The fourth-order valence-electron chi connectivity index (χ4n) is 2.23. The Bertz CT molecular complexity index is 382. The molecule has 1 saturated heterocycles. The molecule has 1 heterocycles. The summed E-state index contributed by atoms with van der Waals surface area (Å²) < 4.78 is 18.5. The molecule has 0 aromatic rings. The van der Waals surface area contributed by atoms with Crippen LogP contribution in [0, 0.1) is 5.92 Å². The lowest BCUT2D eigenvalue weighted by Crippen LogP contribution is -2.52. The lowest BCUT2D eigenvalue weighted by molar-refractivity contribution is -0.133. The number of hydrogen-bond acceptors (Lipinski definition) is 3. The first kappa shape index (κ1) is 17.7. The predicted octanol–water partition coefficient (Wildman–Crippen LogP) is 2.50. The van der Waals surface area contributed by atoms with Crippen LogP contribution in [0.4, 0.5) is 9.18 Å². The Balaban J connectivity index is 2.72. The fraction of sp³-hybridized carbons (Fsp3) is 0.867. The summed E-state index contributed by atoms with van der Waals surface area (Å²) in [6, 6.07) is -0.671. The number of nitrogens with zero attached hydrogens (tertiary/aromatic N) is 1. The second-order valence-corrected chi connectivity index (χ2v) is 6.68. The van der Waals surface area contributed by atoms with Crippen molar-refractivity contribution in [3.05, 3.63) is 0 Å². The van der Waals surface area contributed by atoms with Gasteiger partial charge in [0.15, 0.2) is 0 Å². The van der Waals surface area contributed by atoms with Crippen LogP contribution in [0.15, 0.2) is 0 Å². The number of hydrogen-bond donors (Lipinski definition) is 1. The maximum Gasteiger partial charge on any atom is 0.408 e. The number of halogens is 1. The predicted molar refractivity (Wildman–Crippen MR) is 78.7 cm³/mol. The molecule has 122 valence electrons. The average molecular weight is 302 g/mol. The minimum atomic E-state index is -0.965. The van der Waals surface area contributed by atoms with Crippen molar-refractivity contribution in [1.29, 1.82) is 0 Å². The summed E-state index contributed by atoms with van der Waals surface area (Å²) in [6.45, 7) is 9.65. The number of alkyl carbamates (subject to hydrolysis) is 1. The lowest BCUT2D eigenvalue weighted by atomic mass is 9.98. The summed E-state index contributed by atoms with van der Waals surface area (Å²) in [5.74, 6) is -0.265. The number of rotatable bonds is 4. The van der Waals surface area contributed by atoms with E-state index >= 15 is 0 Å². The van der Waals surface area contributed by atoms with E-state index in [0.717, 1.165) is 6.42 Å². The van der Waals surface area contributed by atoms with Gasteiger partial charge < -0.3 is 15.0 Å². The minimum absolute atomic E-state index is 0.0383. The van der Waals surface area contributed by atoms with Crippen LogP contribution in [0.3, 0.4) is 0 Å². The summed E-state index contributed by atoms with van der Waals surface area (Å²) in [5, 5.41) is 2.64. The SMILES string of the molecule is CC[C@H](C)[C@H](NC(=O)OC(C)(C)C)C(=O)N1CC[C@@H](F)C1. The smallest absolute Gasteiger partial charge is 0.408 e. The Morgan fingerprint density at radius 3 is 2.48 bits per heavy atom. The molecule has 1 N–H and O–H groups in total. The van der Waals surface area contributed by atoms with Gasteiger partial charge in [0, 0.05) is 6.54 Å². The molecule has 0 bridgehead atoms. The molecule has 0 unspecified atom stereocenters. The van der Waals surface area contributed by atoms with Gasteiger partial charge in [-0.3, -0.25) is 4.79 Å². The van der Waals surface area contributed by atoms with E-state index < -0.39 is 23.9 Å². The van der Waals surface area contributed by atoms with E-state index in [-0.39, 0.29) is 18.4 Å². The fourth-order valence-corrected chi connectivity index (χ4v) is 2.23. The molecule has 0 radical (unpaired) electrons. The molecule has 0 saturated carbocycles. The van der Waals surface area contributed by atoms with Crippen molar-refractivity contribution in [1.82, 2.24) is 10.2 Å². The highest BCUT2D eigenvalue weighted by molar-refractivity contribution is 5.86. The largest absolute Gasteiger partial charge is 0.444 e. The van der Waals surface area contributed by atoms with Crippen LogP contribution < -0.4 is 5.32 Å². The van der Waals surface area contributed by atoms with Crippen molar-refractivity contribution in [3.8, 4) is 0 Å². The maximum atomic E-state index is 13.3. The normalized spacial score (nSPS) is 21.8. The molecule has 0 spiro atoms. The summed E-state index contributed by atoms with van der Waals surface area (Å²) in [7, 11) is 0. The van der Waals surface area contributed by atoms with Crippen LogP contribution in [0.25, 0.3) is 0 Å². The summed E-state index contributed by atoms with van der Waals surface area (Å²) in [4.78, 5) is 25.9. The van der Waals surface area contributed by atoms with Gasteiger partial charge in [0.25, 0.3) is 0 Å². The highest BCUT2D eigenvalue weighted by Gasteiger charge is 2.34. The van der Waals surface area contributed by atoms with Gasteiger partial charge in [-0.15, -0.1) is 0 Å². The number of nitrogens with one attached hydrogen (secondary N) is 1. The Kier molecular flexibility index (Phi) is 5.98. The maximum absolute atomic E-state index is 13.3. The Hall–Kier alpha value is -1.33. The molecular weight excluding hydrogens is 275 g/mol. The zero-order valence-corrected chi connectivity index (χ0v) is 13.6. The lowest BCUT2D eigenvalue weighted by Gasteiger charge is -2.29. The van der Waals surface area contributed by atoms with E-state index in [0.29, 0.717) is 13.0 Å². The minimum Gasteiger partial charge on any atom is -0.444 e. The molecule has 0 aromatic heterocycles. The Morgan fingerprint density at radius 2 is 2.05 bits per heavy atom. The van der Waals surface area contributed by atoms with Crippen LogP contribution in [0.5, 0.6) is 0 Å². The average Bonchev–Trinajstić information content (AvgIpc) is 2.79. The molecule has 3 atom stereocenters. The zero-order valence-electron chi connectivity index (χ0n) is 13.6. The van der Waals surface area contributed by atoms with Gasteiger partial charge in [-0.2, -0.15) is 0 Å². The summed E-state index contributed by atoms with van der Waals surface area (Å²) in [5.41, 5.74) is -0.620. The number of likely N-dealkylation sites (tertiary alicyclic amines) is 1. The molecular formula is C15H27FN2O3. The number of ether oxygens (including phenoxy) is 1. The molecule has 1 rings (SSSR count). The standard InChI is InChI=1S/C15H27FN2O3/c1-6-10(2)12(17-14(20)21-15(3,4)5)13(19)18-8-7-11(16)9-18/h10-12H,6-9H2,1-5H3,(H,17,20)/t10-,11+,12-/m0/s1. The summed E-state index contributed by atoms with van der Waals surface area (Å²) in [6.07, 6.45) is -0.477. The highest BCUT2D eigenvalue weighted by Crippen LogP contribution is 2.18. The Morgan fingerprint density at radius 1 is 1.43 bits per heavy atom. The van der Waals surface area contributed by atoms with E-state index in [2.05, 4.69) is 5.32 Å². The van der Waals surface area contributed by atoms with Crippen LogP contribution >= 0.6 is 0 Å². The summed E-state index contributed by atoms with van der Waals surface area (Å²) >= 11 is 0. The van der Waals surface area contributed by atoms with Crippen LogP contribution in [-0.4, -0.2) is 47.8 Å². The van der Waals surface area contributed by atoms with Crippen molar-refractivity contribution in [2.45, 2.75) is 65.3 Å². The topological polar surface area (TPSA) is 58.6 Å².